The lowest BCUT2D eigenvalue weighted by Gasteiger charge is -2.04. The molecule has 5 heteroatoms. The van der Waals surface area contributed by atoms with Gasteiger partial charge in [-0.1, -0.05) is 28.1 Å². The number of thiazole rings is 1. The summed E-state index contributed by atoms with van der Waals surface area (Å²) in [5.41, 5.74) is 2.06. The lowest BCUT2D eigenvalue weighted by atomic mass is 10.1. The van der Waals surface area contributed by atoms with Gasteiger partial charge in [-0.3, -0.25) is 4.79 Å². The summed E-state index contributed by atoms with van der Waals surface area (Å²) in [6.07, 6.45) is 1.22. The Morgan fingerprint density at radius 1 is 1.37 bits per heavy atom. The van der Waals surface area contributed by atoms with Gasteiger partial charge in [0.2, 0.25) is 5.91 Å². The van der Waals surface area contributed by atoms with Gasteiger partial charge in [-0.15, -0.1) is 11.3 Å². The molecule has 3 nitrogen and oxygen atoms in total. The minimum absolute atomic E-state index is 0.0515. The van der Waals surface area contributed by atoms with E-state index in [4.69, 9.17) is 0 Å². The maximum absolute atomic E-state index is 11.8. The monoisotopic (exact) mass is 338 g/mol. The molecule has 0 unspecified atom stereocenters. The minimum Gasteiger partial charge on any atom is -0.355 e. The first-order valence-electron chi connectivity index (χ1n) is 6.05. The van der Waals surface area contributed by atoms with Crippen LogP contribution >= 0.6 is 27.3 Å². The fourth-order valence-electron chi connectivity index (χ4n) is 1.68. The third-order valence-electron chi connectivity index (χ3n) is 2.61. The average Bonchev–Trinajstić information content (AvgIpc) is 2.78. The van der Waals surface area contributed by atoms with Crippen LogP contribution in [0.4, 0.5) is 0 Å². The van der Waals surface area contributed by atoms with E-state index in [2.05, 4.69) is 26.2 Å². The minimum atomic E-state index is 0.0515. The van der Waals surface area contributed by atoms with Crippen LogP contribution in [-0.2, 0) is 17.6 Å². The van der Waals surface area contributed by atoms with E-state index in [1.165, 1.54) is 0 Å². The van der Waals surface area contributed by atoms with Crippen molar-refractivity contribution in [2.45, 2.75) is 19.8 Å². The molecule has 1 N–H and O–H groups in total. The van der Waals surface area contributed by atoms with Crippen molar-refractivity contribution in [3.05, 3.63) is 50.4 Å². The number of nitrogens with one attached hydrogen (secondary N) is 1. The molecule has 1 heterocycles. The Labute approximate surface area is 125 Å². The summed E-state index contributed by atoms with van der Waals surface area (Å²) in [7, 11) is 0. The number of nitrogens with zero attached hydrogens (tertiary/aromatic N) is 1. The zero-order valence-corrected chi connectivity index (χ0v) is 13.1. The number of carbonyl (C=O) groups is 1. The maximum Gasteiger partial charge on any atom is 0.224 e. The molecule has 1 aromatic carbocycles. The molecule has 0 fully saturated rings. The largest absolute Gasteiger partial charge is 0.355 e. The molecular weight excluding hydrogens is 324 g/mol. The van der Waals surface area contributed by atoms with E-state index >= 15 is 0 Å². The highest BCUT2D eigenvalue weighted by atomic mass is 79.9. The molecular formula is C14H15BrN2OS. The molecule has 0 saturated carbocycles. The fraction of sp³-hybridized carbons (Fsp3) is 0.286. The first-order chi connectivity index (χ1) is 9.13. The van der Waals surface area contributed by atoms with Gasteiger partial charge in [0.05, 0.1) is 11.4 Å². The van der Waals surface area contributed by atoms with Gasteiger partial charge in [0.25, 0.3) is 0 Å². The molecule has 0 radical (unpaired) electrons. The van der Waals surface area contributed by atoms with E-state index in [0.717, 1.165) is 27.2 Å². The van der Waals surface area contributed by atoms with Crippen molar-refractivity contribution >= 4 is 33.2 Å². The Balaban J connectivity index is 1.74. The second-order valence-electron chi connectivity index (χ2n) is 4.29. The highest BCUT2D eigenvalue weighted by Crippen LogP contribution is 2.11. The van der Waals surface area contributed by atoms with Gasteiger partial charge in [-0.25, -0.2) is 4.98 Å². The van der Waals surface area contributed by atoms with Crippen LogP contribution in [-0.4, -0.2) is 17.4 Å². The number of hydrogen-bond acceptors (Lipinski definition) is 3. The number of hydrogen-bond donors (Lipinski definition) is 1. The number of benzene rings is 1. The van der Waals surface area contributed by atoms with Crippen molar-refractivity contribution in [1.82, 2.24) is 10.3 Å². The van der Waals surface area contributed by atoms with E-state index in [0.29, 0.717) is 13.0 Å². The molecule has 0 aliphatic rings. The second-order valence-corrected chi connectivity index (χ2v) is 6.14. The van der Waals surface area contributed by atoms with E-state index in [9.17, 15) is 4.79 Å². The zero-order valence-electron chi connectivity index (χ0n) is 10.6. The molecule has 1 aromatic heterocycles. The third-order valence-corrected chi connectivity index (χ3v) is 4.16. The van der Waals surface area contributed by atoms with Crippen LogP contribution in [0.1, 0.15) is 16.3 Å². The Morgan fingerprint density at radius 3 is 2.74 bits per heavy atom. The van der Waals surface area contributed by atoms with Crippen LogP contribution in [0.25, 0.3) is 0 Å². The number of aryl methyl sites for hydroxylation is 1. The molecule has 0 atom stereocenters. The Hall–Kier alpha value is -1.20. The van der Waals surface area contributed by atoms with Gasteiger partial charge in [-0.2, -0.15) is 0 Å². The molecule has 0 saturated heterocycles. The summed E-state index contributed by atoms with van der Waals surface area (Å²) >= 11 is 5.01. The molecule has 2 aromatic rings. The van der Waals surface area contributed by atoms with Gasteiger partial charge in [0, 0.05) is 28.5 Å². The van der Waals surface area contributed by atoms with Crippen molar-refractivity contribution in [2.24, 2.45) is 0 Å². The molecule has 100 valence electrons. The average molecular weight is 339 g/mol. The van der Waals surface area contributed by atoms with Gasteiger partial charge in [0.15, 0.2) is 0 Å². The standard InChI is InChI=1S/C14H15BrN2OS/c1-10-9-19-14(17-10)6-7-16-13(18)8-11-2-4-12(15)5-3-11/h2-5,9H,6-8H2,1H3,(H,16,18). The van der Waals surface area contributed by atoms with Crippen LogP contribution in [0.15, 0.2) is 34.1 Å². The van der Waals surface area contributed by atoms with Crippen LogP contribution < -0.4 is 5.32 Å². The summed E-state index contributed by atoms with van der Waals surface area (Å²) in [6, 6.07) is 7.80. The number of aromatic nitrogens is 1. The summed E-state index contributed by atoms with van der Waals surface area (Å²) < 4.78 is 1.02. The smallest absolute Gasteiger partial charge is 0.224 e. The number of carbonyl (C=O) groups excluding carboxylic acids is 1. The van der Waals surface area contributed by atoms with Crippen LogP contribution in [0, 0.1) is 6.92 Å². The summed E-state index contributed by atoms with van der Waals surface area (Å²) in [5, 5.41) is 6.02. The van der Waals surface area contributed by atoms with Crippen molar-refractivity contribution in [3.8, 4) is 0 Å². The predicted molar refractivity (Wildman–Crippen MR) is 81.4 cm³/mol. The quantitative estimate of drug-likeness (QED) is 0.909. The van der Waals surface area contributed by atoms with Crippen LogP contribution in [0.2, 0.25) is 0 Å². The highest BCUT2D eigenvalue weighted by molar-refractivity contribution is 9.10. The van der Waals surface area contributed by atoms with E-state index in [1.54, 1.807) is 11.3 Å². The summed E-state index contributed by atoms with van der Waals surface area (Å²) in [5.74, 6) is 0.0515. The molecule has 0 spiro atoms. The molecule has 1 amide bonds. The van der Waals surface area contributed by atoms with Crippen molar-refractivity contribution in [3.63, 3.8) is 0 Å². The van der Waals surface area contributed by atoms with Gasteiger partial charge in [-0.05, 0) is 24.6 Å². The third kappa shape index (κ3) is 4.76. The van der Waals surface area contributed by atoms with Crippen LogP contribution in [0.5, 0.6) is 0 Å². The SMILES string of the molecule is Cc1csc(CCNC(=O)Cc2ccc(Br)cc2)n1. The van der Waals surface area contributed by atoms with Gasteiger partial charge < -0.3 is 5.32 Å². The lowest BCUT2D eigenvalue weighted by molar-refractivity contribution is -0.120. The number of amides is 1. The normalized spacial score (nSPS) is 10.4. The zero-order chi connectivity index (χ0) is 13.7. The van der Waals surface area contributed by atoms with E-state index < -0.39 is 0 Å². The topological polar surface area (TPSA) is 42.0 Å². The number of rotatable bonds is 5. The second kappa shape index (κ2) is 6.82. The first-order valence-corrected chi connectivity index (χ1v) is 7.73. The first kappa shape index (κ1) is 14.2. The molecule has 0 bridgehead atoms. The van der Waals surface area contributed by atoms with Crippen molar-refractivity contribution < 1.29 is 4.79 Å². The summed E-state index contributed by atoms with van der Waals surface area (Å²) in [4.78, 5) is 16.1. The molecule has 0 aliphatic heterocycles. The Kier molecular flexibility index (Phi) is 5.10. The van der Waals surface area contributed by atoms with Crippen molar-refractivity contribution in [2.75, 3.05) is 6.54 Å². The van der Waals surface area contributed by atoms with Gasteiger partial charge in [0.1, 0.15) is 0 Å². The predicted octanol–water partition coefficient (Wildman–Crippen LogP) is 3.12. The highest BCUT2D eigenvalue weighted by Gasteiger charge is 2.04. The fourth-order valence-corrected chi connectivity index (χ4v) is 2.72. The Morgan fingerprint density at radius 2 is 2.11 bits per heavy atom. The maximum atomic E-state index is 11.8. The van der Waals surface area contributed by atoms with Crippen molar-refractivity contribution in [1.29, 1.82) is 0 Å². The summed E-state index contributed by atoms with van der Waals surface area (Å²) in [6.45, 7) is 2.62. The van der Waals surface area contributed by atoms with Crippen LogP contribution in [0.3, 0.4) is 0 Å². The lowest BCUT2D eigenvalue weighted by Crippen LogP contribution is -2.27. The Bertz CT molecular complexity index is 551. The van der Waals surface area contributed by atoms with Gasteiger partial charge >= 0.3 is 0 Å². The van der Waals surface area contributed by atoms with E-state index in [1.807, 2.05) is 36.6 Å². The molecule has 0 aliphatic carbocycles. The molecule has 2 rings (SSSR count). The molecule has 19 heavy (non-hydrogen) atoms. The van der Waals surface area contributed by atoms with E-state index in [-0.39, 0.29) is 5.91 Å². The number of halogens is 1.